The summed E-state index contributed by atoms with van der Waals surface area (Å²) < 4.78 is 5.45. The van der Waals surface area contributed by atoms with Crippen molar-refractivity contribution in [3.8, 4) is 0 Å². The lowest BCUT2D eigenvalue weighted by Gasteiger charge is -2.22. The first-order valence-corrected chi connectivity index (χ1v) is 26.7. The molecule has 0 spiro atoms. The van der Waals surface area contributed by atoms with E-state index in [0.717, 1.165) is 83.5 Å². The van der Waals surface area contributed by atoms with Gasteiger partial charge in [0.2, 0.25) is 5.91 Å². The van der Waals surface area contributed by atoms with Gasteiger partial charge in [-0.3, -0.25) is 9.59 Å². The molecule has 0 radical (unpaired) electrons. The lowest BCUT2D eigenvalue weighted by atomic mass is 10.0. The molecule has 0 aliphatic rings. The van der Waals surface area contributed by atoms with Gasteiger partial charge in [-0.25, -0.2) is 0 Å². The average molecular weight is 858 g/mol. The van der Waals surface area contributed by atoms with Crippen LogP contribution in [0.4, 0.5) is 0 Å². The van der Waals surface area contributed by atoms with Crippen LogP contribution in [0, 0.1) is 0 Å². The van der Waals surface area contributed by atoms with Crippen LogP contribution < -0.4 is 5.32 Å². The molecule has 0 saturated heterocycles. The molecule has 0 aliphatic heterocycles. The monoisotopic (exact) mass is 858 g/mol. The van der Waals surface area contributed by atoms with Gasteiger partial charge in [0.25, 0.3) is 0 Å². The van der Waals surface area contributed by atoms with Crippen LogP contribution in [0.5, 0.6) is 0 Å². The molecule has 1 amide bonds. The van der Waals surface area contributed by atoms with Gasteiger partial charge in [-0.2, -0.15) is 0 Å². The molecule has 358 valence electrons. The number of carbonyl (C=O) groups excluding carboxylic acids is 2. The van der Waals surface area contributed by atoms with Gasteiger partial charge in [0.15, 0.2) is 0 Å². The number of nitrogens with one attached hydrogen (secondary N) is 1. The second-order valence-electron chi connectivity index (χ2n) is 18.2. The number of hydrogen-bond donors (Lipinski definition) is 3. The van der Waals surface area contributed by atoms with Crippen molar-refractivity contribution >= 4 is 11.9 Å². The zero-order valence-corrected chi connectivity index (χ0v) is 40.6. The maximum absolute atomic E-state index is 12.4. The molecule has 0 aliphatic carbocycles. The number of esters is 1. The Morgan fingerprint density at radius 3 is 1.28 bits per heavy atom. The molecule has 0 aromatic heterocycles. The fourth-order valence-corrected chi connectivity index (χ4v) is 8.02. The molecule has 0 aromatic rings. The molecule has 2 atom stereocenters. The van der Waals surface area contributed by atoms with Gasteiger partial charge in [0.05, 0.1) is 25.4 Å². The van der Waals surface area contributed by atoms with E-state index in [1.807, 2.05) is 0 Å². The molecule has 2 unspecified atom stereocenters. The van der Waals surface area contributed by atoms with Gasteiger partial charge < -0.3 is 20.3 Å². The number of aliphatic hydroxyl groups is 2. The first kappa shape index (κ1) is 59.1. The van der Waals surface area contributed by atoms with Crippen molar-refractivity contribution in [2.75, 3.05) is 13.2 Å². The largest absolute Gasteiger partial charge is 0.466 e. The SMILES string of the molecule is CCCCCC/C=C\C/C=C\CCCCCCCCCC(=O)OCCCCC/C=C\CCCCCCCC(=O)NC(CO)C(O)CCCCCCCCCCCCCCCC. The average Bonchev–Trinajstić information content (AvgIpc) is 3.26. The smallest absolute Gasteiger partial charge is 0.305 e. The number of ether oxygens (including phenoxy) is 1. The second-order valence-corrected chi connectivity index (χ2v) is 18.2. The summed E-state index contributed by atoms with van der Waals surface area (Å²) in [5.74, 6) is -0.0920. The molecule has 0 rings (SSSR count). The third-order valence-electron chi connectivity index (χ3n) is 12.2. The number of rotatable bonds is 49. The zero-order valence-electron chi connectivity index (χ0n) is 40.6. The van der Waals surface area contributed by atoms with Crippen LogP contribution in [0.15, 0.2) is 36.5 Å². The molecule has 6 nitrogen and oxygen atoms in total. The maximum atomic E-state index is 12.4. The molecule has 0 fully saturated rings. The summed E-state index contributed by atoms with van der Waals surface area (Å²) in [5.41, 5.74) is 0. The van der Waals surface area contributed by atoms with E-state index in [2.05, 4.69) is 55.6 Å². The highest BCUT2D eigenvalue weighted by molar-refractivity contribution is 5.76. The van der Waals surface area contributed by atoms with E-state index in [0.29, 0.717) is 25.9 Å². The number of allylic oxidation sites excluding steroid dienone is 6. The van der Waals surface area contributed by atoms with Crippen LogP contribution in [0.25, 0.3) is 0 Å². The lowest BCUT2D eigenvalue weighted by molar-refractivity contribution is -0.143. The van der Waals surface area contributed by atoms with E-state index in [1.165, 1.54) is 161 Å². The number of amides is 1. The highest BCUT2D eigenvalue weighted by Gasteiger charge is 2.20. The molecular formula is C55H103NO5. The van der Waals surface area contributed by atoms with Gasteiger partial charge in [0, 0.05) is 12.8 Å². The van der Waals surface area contributed by atoms with Crippen molar-refractivity contribution < 1.29 is 24.5 Å². The summed E-state index contributed by atoms with van der Waals surface area (Å²) in [6.07, 6.45) is 61.1. The predicted molar refractivity (Wildman–Crippen MR) is 264 cm³/mol. The third kappa shape index (κ3) is 47.4. The van der Waals surface area contributed by atoms with Crippen molar-refractivity contribution in [1.82, 2.24) is 5.32 Å². The molecular weight excluding hydrogens is 755 g/mol. The minimum absolute atomic E-state index is 0.0304. The summed E-state index contributed by atoms with van der Waals surface area (Å²) >= 11 is 0. The van der Waals surface area contributed by atoms with E-state index in [1.54, 1.807) is 0 Å². The topological polar surface area (TPSA) is 95.9 Å². The number of hydrogen-bond acceptors (Lipinski definition) is 5. The summed E-state index contributed by atoms with van der Waals surface area (Å²) in [5, 5.41) is 23.2. The fraction of sp³-hybridized carbons (Fsp3) is 0.855. The van der Waals surface area contributed by atoms with E-state index < -0.39 is 12.1 Å². The Bertz CT molecular complexity index is 993. The Hall–Kier alpha value is -1.92. The van der Waals surface area contributed by atoms with Crippen LogP contribution in [0.3, 0.4) is 0 Å². The van der Waals surface area contributed by atoms with Gasteiger partial charge in [0.1, 0.15) is 0 Å². The molecule has 0 bridgehead atoms. The van der Waals surface area contributed by atoms with Crippen LogP contribution in [-0.2, 0) is 14.3 Å². The van der Waals surface area contributed by atoms with Crippen LogP contribution in [-0.4, -0.2) is 47.4 Å². The number of aliphatic hydroxyl groups excluding tert-OH is 2. The fourth-order valence-electron chi connectivity index (χ4n) is 8.02. The Balaban J connectivity index is 3.50. The van der Waals surface area contributed by atoms with Crippen molar-refractivity contribution in [1.29, 1.82) is 0 Å². The molecule has 0 aromatic carbocycles. The first-order valence-electron chi connectivity index (χ1n) is 26.7. The van der Waals surface area contributed by atoms with E-state index in [9.17, 15) is 19.8 Å². The number of carbonyl (C=O) groups is 2. The van der Waals surface area contributed by atoms with Gasteiger partial charge in [-0.1, -0.05) is 211 Å². The molecule has 0 heterocycles. The van der Waals surface area contributed by atoms with E-state index in [4.69, 9.17) is 4.74 Å². The van der Waals surface area contributed by atoms with Gasteiger partial charge in [-0.05, 0) is 89.9 Å². The highest BCUT2D eigenvalue weighted by Crippen LogP contribution is 2.16. The summed E-state index contributed by atoms with van der Waals surface area (Å²) in [4.78, 5) is 24.5. The molecule has 61 heavy (non-hydrogen) atoms. The van der Waals surface area contributed by atoms with Crippen molar-refractivity contribution in [2.45, 2.75) is 289 Å². The van der Waals surface area contributed by atoms with Gasteiger partial charge >= 0.3 is 5.97 Å². The van der Waals surface area contributed by atoms with E-state index >= 15 is 0 Å². The summed E-state index contributed by atoms with van der Waals surface area (Å²) in [6.45, 7) is 4.87. The Morgan fingerprint density at radius 2 is 0.820 bits per heavy atom. The minimum Gasteiger partial charge on any atom is -0.466 e. The Labute approximate surface area is 379 Å². The third-order valence-corrected chi connectivity index (χ3v) is 12.2. The minimum atomic E-state index is -0.681. The second kappa shape index (κ2) is 50.7. The molecule has 3 N–H and O–H groups in total. The molecule has 6 heteroatoms. The van der Waals surface area contributed by atoms with Crippen molar-refractivity contribution in [2.24, 2.45) is 0 Å². The van der Waals surface area contributed by atoms with Crippen molar-refractivity contribution in [3.63, 3.8) is 0 Å². The number of unbranched alkanes of at least 4 members (excludes halogenated alkanes) is 32. The normalized spacial score (nSPS) is 12.9. The zero-order chi connectivity index (χ0) is 44.4. The van der Waals surface area contributed by atoms with E-state index in [-0.39, 0.29) is 18.5 Å². The maximum Gasteiger partial charge on any atom is 0.305 e. The summed E-state index contributed by atoms with van der Waals surface area (Å²) in [7, 11) is 0. The Morgan fingerprint density at radius 1 is 0.459 bits per heavy atom. The highest BCUT2D eigenvalue weighted by atomic mass is 16.5. The van der Waals surface area contributed by atoms with Gasteiger partial charge in [-0.15, -0.1) is 0 Å². The lowest BCUT2D eigenvalue weighted by Crippen LogP contribution is -2.45. The standard InChI is InChI=1S/C55H103NO5/c1-3-5-7-9-11-13-15-17-19-20-21-22-24-29-33-37-41-45-49-55(60)61-50-46-42-38-34-30-26-25-28-32-36-40-44-48-54(59)56-52(51-57)53(58)47-43-39-35-31-27-23-18-16-14-12-10-8-6-4-2/h13,15,19-20,26,30,52-53,57-58H,3-12,14,16-18,21-25,27-29,31-51H2,1-2H3,(H,56,59)/b15-13-,20-19-,30-26-. The predicted octanol–water partition coefficient (Wildman–Crippen LogP) is 16.1. The summed E-state index contributed by atoms with van der Waals surface area (Å²) in [6, 6.07) is -0.561. The van der Waals surface area contributed by atoms with Crippen LogP contribution in [0.2, 0.25) is 0 Å². The quantitative estimate of drug-likeness (QED) is 0.0322. The first-order chi connectivity index (χ1) is 30.0. The Kier molecular flexibility index (Phi) is 49.1. The van der Waals surface area contributed by atoms with Crippen LogP contribution in [0.1, 0.15) is 277 Å². The van der Waals surface area contributed by atoms with Crippen LogP contribution >= 0.6 is 0 Å². The van der Waals surface area contributed by atoms with Crippen molar-refractivity contribution in [3.05, 3.63) is 36.5 Å². The molecule has 0 saturated carbocycles.